The summed E-state index contributed by atoms with van der Waals surface area (Å²) in [6.45, 7) is 2.72. The maximum atomic E-state index is 6.06. The number of benzene rings is 1. The number of fused-ring (bicyclic) bond motifs is 1. The summed E-state index contributed by atoms with van der Waals surface area (Å²) in [5.74, 6) is 0. The van der Waals surface area contributed by atoms with E-state index in [0.717, 1.165) is 18.6 Å². The van der Waals surface area contributed by atoms with Crippen molar-refractivity contribution in [2.24, 2.45) is 10.9 Å². The molecule has 1 aliphatic rings. The third-order valence-corrected chi connectivity index (χ3v) is 2.60. The Labute approximate surface area is 89.9 Å². The van der Waals surface area contributed by atoms with E-state index in [1.807, 2.05) is 12.1 Å². The number of hydrogen-bond donors (Lipinski definition) is 1. The third kappa shape index (κ3) is 2.02. The fraction of sp³-hybridized carbons (Fsp3) is 0.417. The summed E-state index contributed by atoms with van der Waals surface area (Å²) in [6, 6.07) is 8.11. The maximum Gasteiger partial charge on any atom is 0.116 e. The fourth-order valence-corrected chi connectivity index (χ4v) is 1.79. The summed E-state index contributed by atoms with van der Waals surface area (Å²) in [7, 11) is 0. The predicted octanol–water partition coefficient (Wildman–Crippen LogP) is 2.03. The Hall–Kier alpha value is -1.35. The molecule has 0 aliphatic heterocycles. The summed E-state index contributed by atoms with van der Waals surface area (Å²) in [5.41, 5.74) is 9.44. The molecule has 0 amide bonds. The van der Waals surface area contributed by atoms with E-state index in [0.29, 0.717) is 6.61 Å². The van der Waals surface area contributed by atoms with Crippen LogP contribution in [0.4, 0.5) is 0 Å². The number of nitrogens with two attached hydrogens (primary N) is 1. The smallest absolute Gasteiger partial charge is 0.116 e. The first-order valence-electron chi connectivity index (χ1n) is 5.35. The molecular formula is C12H16N2O. The minimum Gasteiger partial charge on any atom is -0.396 e. The minimum absolute atomic E-state index is 0.0851. The van der Waals surface area contributed by atoms with Crippen molar-refractivity contribution in [3.63, 3.8) is 0 Å². The summed E-state index contributed by atoms with van der Waals surface area (Å²) in [4.78, 5) is 5.18. The van der Waals surface area contributed by atoms with Gasteiger partial charge in [0.15, 0.2) is 0 Å². The van der Waals surface area contributed by atoms with Crippen LogP contribution in [-0.2, 0) is 11.3 Å². The molecule has 0 aromatic heterocycles. The summed E-state index contributed by atoms with van der Waals surface area (Å²) in [6.07, 6.45) is 1.79. The lowest BCUT2D eigenvalue weighted by atomic mass is 10.1. The molecule has 1 aliphatic carbocycles. The maximum absolute atomic E-state index is 6.06. The van der Waals surface area contributed by atoms with Crippen LogP contribution in [0.5, 0.6) is 0 Å². The number of hydrogen-bond acceptors (Lipinski definition) is 3. The van der Waals surface area contributed by atoms with Gasteiger partial charge < -0.3 is 10.6 Å². The topological polar surface area (TPSA) is 47.6 Å². The van der Waals surface area contributed by atoms with Gasteiger partial charge in [0.1, 0.15) is 6.61 Å². The first kappa shape index (κ1) is 10.2. The standard InChI is InChI=1S/C12H16N2O/c1-2-7-15-14-11-8-9-5-3-4-6-10(9)12(11)13/h3-6,12H,2,7-8,13H2,1H3. The van der Waals surface area contributed by atoms with Crippen LogP contribution in [0.2, 0.25) is 0 Å². The van der Waals surface area contributed by atoms with Crippen molar-refractivity contribution in [2.75, 3.05) is 6.61 Å². The predicted molar refractivity (Wildman–Crippen MR) is 60.8 cm³/mol. The van der Waals surface area contributed by atoms with Crippen LogP contribution in [0.3, 0.4) is 0 Å². The Kier molecular flexibility index (Phi) is 3.02. The Morgan fingerprint density at radius 1 is 1.47 bits per heavy atom. The second kappa shape index (κ2) is 4.45. The first-order chi connectivity index (χ1) is 7.33. The second-order valence-corrected chi connectivity index (χ2v) is 3.77. The average molecular weight is 204 g/mol. The van der Waals surface area contributed by atoms with Gasteiger partial charge in [0.2, 0.25) is 0 Å². The zero-order valence-electron chi connectivity index (χ0n) is 8.94. The van der Waals surface area contributed by atoms with Gasteiger partial charge in [-0.25, -0.2) is 0 Å². The van der Waals surface area contributed by atoms with Crippen molar-refractivity contribution >= 4 is 5.71 Å². The van der Waals surface area contributed by atoms with Crippen molar-refractivity contribution in [1.82, 2.24) is 0 Å². The van der Waals surface area contributed by atoms with Crippen molar-refractivity contribution in [3.8, 4) is 0 Å². The Morgan fingerprint density at radius 2 is 2.27 bits per heavy atom. The Balaban J connectivity index is 2.12. The number of oxime groups is 1. The van der Waals surface area contributed by atoms with Gasteiger partial charge in [-0.1, -0.05) is 36.3 Å². The van der Waals surface area contributed by atoms with E-state index in [1.165, 1.54) is 11.1 Å². The number of rotatable bonds is 3. The van der Waals surface area contributed by atoms with Crippen molar-refractivity contribution in [2.45, 2.75) is 25.8 Å². The van der Waals surface area contributed by atoms with Gasteiger partial charge in [-0.05, 0) is 17.5 Å². The molecule has 1 atom stereocenters. The summed E-state index contributed by atoms with van der Waals surface area (Å²) in [5, 5.41) is 4.10. The lowest BCUT2D eigenvalue weighted by Gasteiger charge is -2.05. The average Bonchev–Trinajstić information content (AvgIpc) is 2.57. The molecule has 1 unspecified atom stereocenters. The van der Waals surface area contributed by atoms with E-state index in [-0.39, 0.29) is 6.04 Å². The minimum atomic E-state index is -0.0851. The van der Waals surface area contributed by atoms with Gasteiger partial charge in [0, 0.05) is 6.42 Å². The SMILES string of the molecule is CCCON=C1Cc2ccccc2C1N. The molecule has 1 aromatic rings. The van der Waals surface area contributed by atoms with Crippen LogP contribution in [0.1, 0.15) is 30.5 Å². The van der Waals surface area contributed by atoms with Gasteiger partial charge in [-0.3, -0.25) is 0 Å². The van der Waals surface area contributed by atoms with Gasteiger partial charge in [0.05, 0.1) is 11.8 Å². The van der Waals surface area contributed by atoms with Crippen LogP contribution in [0.15, 0.2) is 29.4 Å². The Bertz CT molecular complexity index is 374. The van der Waals surface area contributed by atoms with E-state index in [2.05, 4.69) is 24.2 Å². The lowest BCUT2D eigenvalue weighted by molar-refractivity contribution is 0.144. The van der Waals surface area contributed by atoms with Crippen LogP contribution < -0.4 is 5.73 Å². The molecule has 0 saturated heterocycles. The van der Waals surface area contributed by atoms with Crippen LogP contribution in [0, 0.1) is 0 Å². The van der Waals surface area contributed by atoms with Crippen molar-refractivity contribution < 1.29 is 4.84 Å². The zero-order valence-corrected chi connectivity index (χ0v) is 8.94. The van der Waals surface area contributed by atoms with Crippen LogP contribution >= 0.6 is 0 Å². The van der Waals surface area contributed by atoms with E-state index >= 15 is 0 Å². The molecule has 0 saturated carbocycles. The molecular weight excluding hydrogens is 188 g/mol. The van der Waals surface area contributed by atoms with Crippen molar-refractivity contribution in [3.05, 3.63) is 35.4 Å². The molecule has 1 aromatic carbocycles. The highest BCUT2D eigenvalue weighted by atomic mass is 16.6. The quantitative estimate of drug-likeness (QED) is 0.605. The van der Waals surface area contributed by atoms with E-state index in [1.54, 1.807) is 0 Å². The highest BCUT2D eigenvalue weighted by molar-refractivity contribution is 5.96. The molecule has 0 radical (unpaired) electrons. The molecule has 80 valence electrons. The molecule has 3 nitrogen and oxygen atoms in total. The van der Waals surface area contributed by atoms with E-state index in [9.17, 15) is 0 Å². The summed E-state index contributed by atoms with van der Waals surface area (Å²) >= 11 is 0. The molecule has 2 rings (SSSR count). The molecule has 15 heavy (non-hydrogen) atoms. The van der Waals surface area contributed by atoms with Gasteiger partial charge in [-0.2, -0.15) is 0 Å². The highest BCUT2D eigenvalue weighted by Crippen LogP contribution is 2.26. The zero-order chi connectivity index (χ0) is 10.7. The fourth-order valence-electron chi connectivity index (χ4n) is 1.79. The molecule has 0 fully saturated rings. The van der Waals surface area contributed by atoms with E-state index < -0.39 is 0 Å². The van der Waals surface area contributed by atoms with Gasteiger partial charge in [0.25, 0.3) is 0 Å². The van der Waals surface area contributed by atoms with Crippen LogP contribution in [0.25, 0.3) is 0 Å². The normalized spacial score (nSPS) is 21.7. The molecule has 0 heterocycles. The van der Waals surface area contributed by atoms with E-state index in [4.69, 9.17) is 10.6 Å². The van der Waals surface area contributed by atoms with Crippen LogP contribution in [-0.4, -0.2) is 12.3 Å². The summed E-state index contributed by atoms with van der Waals surface area (Å²) < 4.78 is 0. The number of nitrogens with zero attached hydrogens (tertiary/aromatic N) is 1. The second-order valence-electron chi connectivity index (χ2n) is 3.77. The third-order valence-electron chi connectivity index (χ3n) is 2.60. The van der Waals surface area contributed by atoms with Crippen molar-refractivity contribution in [1.29, 1.82) is 0 Å². The Morgan fingerprint density at radius 3 is 3.00 bits per heavy atom. The molecule has 2 N–H and O–H groups in total. The van der Waals surface area contributed by atoms with Gasteiger partial charge >= 0.3 is 0 Å². The lowest BCUT2D eigenvalue weighted by Crippen LogP contribution is -2.16. The largest absolute Gasteiger partial charge is 0.396 e. The molecule has 3 heteroatoms. The molecule has 0 bridgehead atoms. The van der Waals surface area contributed by atoms with Gasteiger partial charge in [-0.15, -0.1) is 0 Å². The monoisotopic (exact) mass is 204 g/mol. The molecule has 0 spiro atoms. The highest BCUT2D eigenvalue weighted by Gasteiger charge is 2.25. The first-order valence-corrected chi connectivity index (χ1v) is 5.35.